The van der Waals surface area contributed by atoms with Crippen LogP contribution in [-0.2, 0) is 11.3 Å². The molecule has 92 valence electrons. The number of aryl methyl sites for hydroxylation is 1. The molecule has 16 heavy (non-hydrogen) atoms. The van der Waals surface area contributed by atoms with Gasteiger partial charge < -0.3 is 14.6 Å². The maximum atomic E-state index is 5.08. The quantitative estimate of drug-likeness (QED) is 0.774. The second-order valence-corrected chi connectivity index (χ2v) is 4.50. The molecule has 0 aliphatic rings. The molecule has 0 amide bonds. The van der Waals surface area contributed by atoms with Crippen LogP contribution in [-0.4, -0.2) is 29.8 Å². The number of anilines is 1. The van der Waals surface area contributed by atoms with E-state index < -0.39 is 0 Å². The Bertz CT molecular complexity index is 307. The Morgan fingerprint density at radius 3 is 2.88 bits per heavy atom. The lowest BCUT2D eigenvalue weighted by Gasteiger charge is -2.10. The third-order valence-corrected chi connectivity index (χ3v) is 2.44. The molecule has 0 aliphatic carbocycles. The van der Waals surface area contributed by atoms with Crippen molar-refractivity contribution < 1.29 is 4.74 Å². The van der Waals surface area contributed by atoms with E-state index >= 15 is 0 Å². The molecule has 1 aromatic heterocycles. The first-order valence-electron chi connectivity index (χ1n) is 5.90. The third-order valence-electron chi connectivity index (χ3n) is 2.44. The third kappa shape index (κ3) is 4.23. The molecule has 0 fully saturated rings. The molecule has 0 bridgehead atoms. The summed E-state index contributed by atoms with van der Waals surface area (Å²) in [5.41, 5.74) is 1.04. The molecular formula is C12H23N3O. The monoisotopic (exact) mass is 225 g/mol. The zero-order valence-corrected chi connectivity index (χ0v) is 10.8. The summed E-state index contributed by atoms with van der Waals surface area (Å²) in [5.74, 6) is 1.67. The zero-order valence-electron chi connectivity index (χ0n) is 10.8. The smallest absolute Gasteiger partial charge is 0.203 e. The van der Waals surface area contributed by atoms with Crippen molar-refractivity contribution in [1.29, 1.82) is 0 Å². The predicted molar refractivity (Wildman–Crippen MR) is 66.8 cm³/mol. The summed E-state index contributed by atoms with van der Waals surface area (Å²) in [6.07, 6.45) is 3.22. The van der Waals surface area contributed by atoms with Crippen molar-refractivity contribution in [2.24, 2.45) is 5.92 Å². The number of nitrogens with zero attached hydrogens (tertiary/aromatic N) is 2. The highest BCUT2D eigenvalue weighted by Gasteiger charge is 2.04. The number of hydrogen-bond acceptors (Lipinski definition) is 3. The van der Waals surface area contributed by atoms with E-state index in [4.69, 9.17) is 4.74 Å². The minimum atomic E-state index is 0.717. The molecule has 0 saturated heterocycles. The van der Waals surface area contributed by atoms with Crippen LogP contribution in [0.3, 0.4) is 0 Å². The van der Waals surface area contributed by atoms with Crippen molar-refractivity contribution >= 4 is 5.95 Å². The second-order valence-electron chi connectivity index (χ2n) is 4.50. The first-order chi connectivity index (χ1) is 7.63. The lowest BCUT2D eigenvalue weighted by atomic mass is 10.1. The number of hydrogen-bond donors (Lipinski definition) is 1. The standard InChI is InChI=1S/C12H23N3O/c1-10(2)5-6-13-12-14-11(3)9-15(12)7-8-16-4/h9-10H,5-8H2,1-4H3,(H,13,14). The Balaban J connectivity index is 2.49. The molecule has 0 atom stereocenters. The number of nitrogens with one attached hydrogen (secondary N) is 1. The van der Waals surface area contributed by atoms with Crippen LogP contribution in [0.15, 0.2) is 6.20 Å². The van der Waals surface area contributed by atoms with Gasteiger partial charge in [0, 0.05) is 26.4 Å². The van der Waals surface area contributed by atoms with Gasteiger partial charge in [-0.05, 0) is 19.3 Å². The second kappa shape index (κ2) is 6.53. The predicted octanol–water partition coefficient (Wildman–Crippen LogP) is 2.30. The van der Waals surface area contributed by atoms with Gasteiger partial charge in [-0.25, -0.2) is 4.98 Å². The highest BCUT2D eigenvalue weighted by Crippen LogP contribution is 2.09. The van der Waals surface area contributed by atoms with E-state index in [0.29, 0.717) is 6.61 Å². The summed E-state index contributed by atoms with van der Waals surface area (Å²) < 4.78 is 7.19. The summed E-state index contributed by atoms with van der Waals surface area (Å²) in [7, 11) is 1.72. The highest BCUT2D eigenvalue weighted by molar-refractivity contribution is 5.28. The fourth-order valence-corrected chi connectivity index (χ4v) is 1.52. The summed E-state index contributed by atoms with van der Waals surface area (Å²) >= 11 is 0. The van der Waals surface area contributed by atoms with Crippen molar-refractivity contribution in [2.75, 3.05) is 25.6 Å². The molecule has 1 heterocycles. The molecule has 0 unspecified atom stereocenters. The SMILES string of the molecule is COCCn1cc(C)nc1NCCC(C)C. The van der Waals surface area contributed by atoms with Crippen LogP contribution in [0.5, 0.6) is 0 Å². The Labute approximate surface area is 98.0 Å². The molecule has 0 spiro atoms. The summed E-state index contributed by atoms with van der Waals surface area (Å²) in [6, 6.07) is 0. The molecule has 4 nitrogen and oxygen atoms in total. The lowest BCUT2D eigenvalue weighted by Crippen LogP contribution is -2.12. The Morgan fingerprint density at radius 2 is 2.25 bits per heavy atom. The largest absolute Gasteiger partial charge is 0.383 e. The van der Waals surface area contributed by atoms with Crippen LogP contribution in [0.25, 0.3) is 0 Å². The van der Waals surface area contributed by atoms with Crippen LogP contribution < -0.4 is 5.32 Å². The topological polar surface area (TPSA) is 39.1 Å². The molecular weight excluding hydrogens is 202 g/mol. The van der Waals surface area contributed by atoms with E-state index in [1.165, 1.54) is 0 Å². The van der Waals surface area contributed by atoms with E-state index in [1.54, 1.807) is 7.11 Å². The molecule has 0 aromatic carbocycles. The van der Waals surface area contributed by atoms with E-state index in [2.05, 4.69) is 34.9 Å². The normalized spacial score (nSPS) is 11.1. The Hall–Kier alpha value is -1.03. The molecule has 0 radical (unpaired) electrons. The van der Waals surface area contributed by atoms with Gasteiger partial charge in [0.25, 0.3) is 0 Å². The number of methoxy groups -OCH3 is 1. The van der Waals surface area contributed by atoms with Gasteiger partial charge >= 0.3 is 0 Å². The van der Waals surface area contributed by atoms with Gasteiger partial charge in [0.1, 0.15) is 0 Å². The first kappa shape index (κ1) is 13.0. The highest BCUT2D eigenvalue weighted by atomic mass is 16.5. The minimum Gasteiger partial charge on any atom is -0.383 e. The Morgan fingerprint density at radius 1 is 1.50 bits per heavy atom. The van der Waals surface area contributed by atoms with Gasteiger partial charge in [0.2, 0.25) is 5.95 Å². The summed E-state index contributed by atoms with van der Waals surface area (Å²) in [5, 5.41) is 3.37. The molecule has 1 rings (SSSR count). The molecule has 0 aliphatic heterocycles. The van der Waals surface area contributed by atoms with E-state index in [9.17, 15) is 0 Å². The van der Waals surface area contributed by atoms with Crippen LogP contribution in [0.1, 0.15) is 26.0 Å². The Kier molecular flexibility index (Phi) is 5.32. The fourth-order valence-electron chi connectivity index (χ4n) is 1.52. The maximum absolute atomic E-state index is 5.08. The fraction of sp³-hybridized carbons (Fsp3) is 0.750. The van der Waals surface area contributed by atoms with Crippen LogP contribution >= 0.6 is 0 Å². The van der Waals surface area contributed by atoms with Gasteiger partial charge in [-0.15, -0.1) is 0 Å². The van der Waals surface area contributed by atoms with Gasteiger partial charge in [-0.3, -0.25) is 0 Å². The van der Waals surface area contributed by atoms with Gasteiger partial charge in [-0.1, -0.05) is 13.8 Å². The van der Waals surface area contributed by atoms with Crippen LogP contribution in [0.2, 0.25) is 0 Å². The van der Waals surface area contributed by atoms with E-state index in [0.717, 1.165) is 37.1 Å². The van der Waals surface area contributed by atoms with Crippen molar-refractivity contribution in [3.8, 4) is 0 Å². The van der Waals surface area contributed by atoms with Crippen LogP contribution in [0.4, 0.5) is 5.95 Å². The molecule has 0 saturated carbocycles. The molecule has 4 heteroatoms. The number of aromatic nitrogens is 2. The minimum absolute atomic E-state index is 0.717. The molecule has 1 aromatic rings. The first-order valence-corrected chi connectivity index (χ1v) is 5.90. The summed E-state index contributed by atoms with van der Waals surface area (Å²) in [4.78, 5) is 4.46. The van der Waals surface area contributed by atoms with E-state index in [1.807, 2.05) is 6.92 Å². The summed E-state index contributed by atoms with van der Waals surface area (Å²) in [6.45, 7) is 9.00. The van der Waals surface area contributed by atoms with Gasteiger partial charge in [0.15, 0.2) is 0 Å². The van der Waals surface area contributed by atoms with Crippen molar-refractivity contribution in [3.05, 3.63) is 11.9 Å². The van der Waals surface area contributed by atoms with Gasteiger partial charge in [-0.2, -0.15) is 0 Å². The van der Waals surface area contributed by atoms with Gasteiger partial charge in [0.05, 0.1) is 12.3 Å². The number of imidazole rings is 1. The maximum Gasteiger partial charge on any atom is 0.203 e. The van der Waals surface area contributed by atoms with E-state index in [-0.39, 0.29) is 0 Å². The van der Waals surface area contributed by atoms with Crippen molar-refractivity contribution in [1.82, 2.24) is 9.55 Å². The zero-order chi connectivity index (χ0) is 12.0. The van der Waals surface area contributed by atoms with Crippen molar-refractivity contribution in [2.45, 2.75) is 33.7 Å². The average Bonchev–Trinajstić information content (AvgIpc) is 2.55. The molecule has 1 N–H and O–H groups in total. The van der Waals surface area contributed by atoms with Crippen molar-refractivity contribution in [3.63, 3.8) is 0 Å². The van der Waals surface area contributed by atoms with Crippen LogP contribution in [0, 0.1) is 12.8 Å². The number of ether oxygens (including phenoxy) is 1. The average molecular weight is 225 g/mol. The lowest BCUT2D eigenvalue weighted by molar-refractivity contribution is 0.187. The number of rotatable bonds is 7.